The van der Waals surface area contributed by atoms with Crippen LogP contribution in [0.3, 0.4) is 0 Å². The molecular formula is C18H30BrNS. The highest BCUT2D eigenvalue weighted by atomic mass is 79.9. The number of hydrogen-bond acceptors (Lipinski definition) is 2. The summed E-state index contributed by atoms with van der Waals surface area (Å²) >= 11 is 5.59. The van der Waals surface area contributed by atoms with Crippen molar-refractivity contribution in [1.29, 1.82) is 0 Å². The first-order valence-electron chi connectivity index (χ1n) is 8.54. The lowest BCUT2D eigenvalue weighted by molar-refractivity contribution is 0.156. The van der Waals surface area contributed by atoms with Crippen molar-refractivity contribution in [2.24, 2.45) is 11.3 Å². The van der Waals surface area contributed by atoms with Crippen molar-refractivity contribution in [2.75, 3.05) is 13.1 Å². The summed E-state index contributed by atoms with van der Waals surface area (Å²) in [5.41, 5.74) is 0.603. The van der Waals surface area contributed by atoms with Gasteiger partial charge in [-0.15, -0.1) is 11.3 Å². The Kier molecular flexibility index (Phi) is 7.24. The average molecular weight is 372 g/mol. The van der Waals surface area contributed by atoms with Gasteiger partial charge in [-0.3, -0.25) is 0 Å². The van der Waals surface area contributed by atoms with Crippen LogP contribution >= 0.6 is 27.3 Å². The summed E-state index contributed by atoms with van der Waals surface area (Å²) in [6.07, 6.45) is 11.2. The molecule has 1 heterocycles. The van der Waals surface area contributed by atoms with E-state index in [-0.39, 0.29) is 0 Å². The number of aryl methyl sites for hydroxylation is 1. The van der Waals surface area contributed by atoms with Crippen molar-refractivity contribution < 1.29 is 0 Å². The maximum absolute atomic E-state index is 3.69. The maximum Gasteiger partial charge on any atom is 0.0314 e. The minimum Gasteiger partial charge on any atom is -0.316 e. The zero-order valence-electron chi connectivity index (χ0n) is 13.6. The van der Waals surface area contributed by atoms with Gasteiger partial charge in [-0.05, 0) is 83.9 Å². The predicted molar refractivity (Wildman–Crippen MR) is 98.2 cm³/mol. The van der Waals surface area contributed by atoms with Crippen molar-refractivity contribution in [3.05, 3.63) is 20.8 Å². The number of nitrogens with one attached hydrogen (secondary N) is 1. The lowest BCUT2D eigenvalue weighted by atomic mass is 9.69. The van der Waals surface area contributed by atoms with E-state index in [4.69, 9.17) is 0 Å². The Bertz CT molecular complexity index is 407. The van der Waals surface area contributed by atoms with Crippen LogP contribution in [-0.4, -0.2) is 13.1 Å². The van der Waals surface area contributed by atoms with Crippen LogP contribution in [0.5, 0.6) is 0 Å². The summed E-state index contributed by atoms with van der Waals surface area (Å²) in [6, 6.07) is 2.19. The Balaban J connectivity index is 1.85. The fourth-order valence-corrected chi connectivity index (χ4v) is 5.11. The smallest absolute Gasteiger partial charge is 0.0314 e. The van der Waals surface area contributed by atoms with Crippen molar-refractivity contribution in [3.8, 4) is 0 Å². The molecule has 3 heteroatoms. The van der Waals surface area contributed by atoms with E-state index in [1.54, 1.807) is 0 Å². The van der Waals surface area contributed by atoms with Gasteiger partial charge in [-0.1, -0.05) is 33.1 Å². The summed E-state index contributed by atoms with van der Waals surface area (Å²) in [7, 11) is 0. The number of thiophene rings is 1. The van der Waals surface area contributed by atoms with Gasteiger partial charge in [0.15, 0.2) is 0 Å². The third-order valence-electron chi connectivity index (χ3n) is 4.87. The van der Waals surface area contributed by atoms with E-state index in [9.17, 15) is 0 Å². The van der Waals surface area contributed by atoms with E-state index in [0.29, 0.717) is 5.41 Å². The monoisotopic (exact) mass is 371 g/mol. The molecule has 0 aliphatic heterocycles. The first-order chi connectivity index (χ1) is 10.1. The van der Waals surface area contributed by atoms with Crippen molar-refractivity contribution in [1.82, 2.24) is 5.32 Å². The largest absolute Gasteiger partial charge is 0.316 e. The molecule has 1 fully saturated rings. The topological polar surface area (TPSA) is 12.0 Å². The van der Waals surface area contributed by atoms with Crippen LogP contribution in [0, 0.1) is 11.3 Å². The molecule has 1 saturated carbocycles. The summed E-state index contributed by atoms with van der Waals surface area (Å²) in [5, 5.41) is 5.86. The number of hydrogen-bond donors (Lipinski definition) is 1. The van der Waals surface area contributed by atoms with Gasteiger partial charge in [0, 0.05) is 9.35 Å². The molecule has 1 aliphatic rings. The van der Waals surface area contributed by atoms with E-state index in [0.717, 1.165) is 12.5 Å². The summed E-state index contributed by atoms with van der Waals surface area (Å²) in [5.74, 6) is 0.759. The molecule has 1 aromatic heterocycles. The predicted octanol–water partition coefficient (Wildman–Crippen LogP) is 6.03. The van der Waals surface area contributed by atoms with Gasteiger partial charge >= 0.3 is 0 Å². The Labute approximate surface area is 143 Å². The molecule has 0 bridgehead atoms. The minimum atomic E-state index is 0.603. The first kappa shape index (κ1) is 17.5. The molecule has 21 heavy (non-hydrogen) atoms. The molecule has 120 valence electrons. The fraction of sp³-hybridized carbons (Fsp3) is 0.778. The summed E-state index contributed by atoms with van der Waals surface area (Å²) in [6.45, 7) is 6.94. The van der Waals surface area contributed by atoms with Gasteiger partial charge in [0.1, 0.15) is 0 Å². The van der Waals surface area contributed by atoms with Crippen LogP contribution in [-0.2, 0) is 6.42 Å². The van der Waals surface area contributed by atoms with Crippen molar-refractivity contribution in [3.63, 3.8) is 0 Å². The van der Waals surface area contributed by atoms with Crippen molar-refractivity contribution in [2.45, 2.75) is 65.2 Å². The normalized spacial score (nSPS) is 18.3. The van der Waals surface area contributed by atoms with Gasteiger partial charge in [-0.2, -0.15) is 0 Å². The maximum atomic E-state index is 3.69. The second-order valence-electron chi connectivity index (χ2n) is 7.10. The molecule has 0 radical (unpaired) electrons. The Hall–Kier alpha value is 0.140. The molecule has 2 rings (SSSR count). The van der Waals surface area contributed by atoms with Gasteiger partial charge in [0.25, 0.3) is 0 Å². The highest BCUT2D eigenvalue weighted by Gasteiger charge is 2.31. The van der Waals surface area contributed by atoms with Crippen LogP contribution in [0.2, 0.25) is 0 Å². The molecule has 0 unspecified atom stereocenters. The van der Waals surface area contributed by atoms with E-state index in [2.05, 4.69) is 46.5 Å². The van der Waals surface area contributed by atoms with E-state index in [1.165, 1.54) is 67.3 Å². The van der Waals surface area contributed by atoms with Gasteiger partial charge in [0.05, 0.1) is 0 Å². The standard InChI is InChI=1S/C18H30BrNS/c1-15(2)14-20-12-11-18(8-4-3-5-9-18)10-6-17-16(19)7-13-21-17/h7,13,15,20H,3-6,8-12,14H2,1-2H3. The molecular weight excluding hydrogens is 342 g/mol. The number of rotatable bonds is 8. The van der Waals surface area contributed by atoms with E-state index >= 15 is 0 Å². The summed E-state index contributed by atoms with van der Waals surface area (Å²) in [4.78, 5) is 1.54. The molecule has 0 amide bonds. The SMILES string of the molecule is CC(C)CNCCC1(CCc2sccc2Br)CCCCC1. The second kappa shape index (κ2) is 8.69. The van der Waals surface area contributed by atoms with Crippen LogP contribution in [0.4, 0.5) is 0 Å². The van der Waals surface area contributed by atoms with Gasteiger partial charge in [0.2, 0.25) is 0 Å². The molecule has 0 atom stereocenters. The Morgan fingerprint density at radius 2 is 2.00 bits per heavy atom. The second-order valence-corrected chi connectivity index (χ2v) is 8.96. The van der Waals surface area contributed by atoms with Crippen LogP contribution in [0.1, 0.15) is 63.7 Å². The van der Waals surface area contributed by atoms with Crippen LogP contribution in [0.25, 0.3) is 0 Å². The summed E-state index contributed by atoms with van der Waals surface area (Å²) < 4.78 is 1.32. The molecule has 1 aliphatic carbocycles. The zero-order valence-corrected chi connectivity index (χ0v) is 16.0. The number of halogens is 1. The van der Waals surface area contributed by atoms with Crippen molar-refractivity contribution >= 4 is 27.3 Å². The van der Waals surface area contributed by atoms with E-state index < -0.39 is 0 Å². The average Bonchev–Trinajstić information content (AvgIpc) is 2.88. The van der Waals surface area contributed by atoms with Gasteiger partial charge < -0.3 is 5.32 Å². The molecule has 1 aromatic rings. The zero-order chi connectivity index (χ0) is 15.1. The quantitative estimate of drug-likeness (QED) is 0.550. The molecule has 0 aromatic carbocycles. The Morgan fingerprint density at radius 1 is 1.24 bits per heavy atom. The third kappa shape index (κ3) is 5.69. The van der Waals surface area contributed by atoms with E-state index in [1.807, 2.05) is 11.3 Å². The minimum absolute atomic E-state index is 0.603. The lowest BCUT2D eigenvalue weighted by Gasteiger charge is -2.38. The highest BCUT2D eigenvalue weighted by molar-refractivity contribution is 9.10. The van der Waals surface area contributed by atoms with Crippen LogP contribution in [0.15, 0.2) is 15.9 Å². The Morgan fingerprint density at radius 3 is 2.62 bits per heavy atom. The molecule has 0 saturated heterocycles. The molecule has 1 N–H and O–H groups in total. The third-order valence-corrected chi connectivity index (χ3v) is 6.86. The highest BCUT2D eigenvalue weighted by Crippen LogP contribution is 2.43. The molecule has 1 nitrogen and oxygen atoms in total. The lowest BCUT2D eigenvalue weighted by Crippen LogP contribution is -2.31. The first-order valence-corrected chi connectivity index (χ1v) is 10.2. The van der Waals surface area contributed by atoms with Crippen LogP contribution < -0.4 is 5.32 Å². The fourth-order valence-electron chi connectivity index (χ4n) is 3.55. The van der Waals surface area contributed by atoms with Gasteiger partial charge in [-0.25, -0.2) is 0 Å². The molecule has 0 spiro atoms.